The zero-order chi connectivity index (χ0) is 41.0. The summed E-state index contributed by atoms with van der Waals surface area (Å²) < 4.78 is 27.5. The number of aliphatic hydroxyl groups excluding tert-OH is 1. The van der Waals surface area contributed by atoms with E-state index in [1.807, 2.05) is 24.3 Å². The number of rotatable bonds is 16. The third kappa shape index (κ3) is 13.6. The van der Waals surface area contributed by atoms with E-state index in [4.69, 9.17) is 23.7 Å². The largest absolute Gasteiger partial charge is 0.497 e. The smallest absolute Gasteiger partial charge is 0.429 e. The molecule has 4 amide bonds. The Morgan fingerprint density at radius 2 is 0.862 bits per heavy atom. The molecule has 14 heteroatoms. The van der Waals surface area contributed by atoms with E-state index in [-0.39, 0.29) is 39.3 Å². The molecule has 0 fully saturated rings. The van der Waals surface area contributed by atoms with E-state index in [1.165, 1.54) is 7.11 Å². The van der Waals surface area contributed by atoms with Gasteiger partial charge in [-0.25, -0.2) is 40.0 Å². The number of carbonyl (C=O) groups is 4. The molecule has 0 aliphatic carbocycles. The highest BCUT2D eigenvalue weighted by Gasteiger charge is 2.35. The van der Waals surface area contributed by atoms with Gasteiger partial charge in [-0.15, -0.1) is 0 Å². The van der Waals surface area contributed by atoms with Crippen LogP contribution in [-0.2, 0) is 51.8 Å². The van der Waals surface area contributed by atoms with Gasteiger partial charge >= 0.3 is 24.4 Å². The first-order chi connectivity index (χ1) is 28.3. The van der Waals surface area contributed by atoms with Crippen LogP contribution in [0.2, 0.25) is 0 Å². The summed E-state index contributed by atoms with van der Waals surface area (Å²) in [6.45, 7) is -1.22. The van der Waals surface area contributed by atoms with Crippen molar-refractivity contribution < 1.29 is 48.0 Å². The number of ether oxygens (including phenoxy) is 5. The molecule has 5 aromatic rings. The highest BCUT2D eigenvalue weighted by atomic mass is 16.6. The van der Waals surface area contributed by atoms with Gasteiger partial charge in [0.2, 0.25) is 0 Å². The number of nitrogens with zero attached hydrogens (tertiary/aromatic N) is 2. The highest BCUT2D eigenvalue weighted by Crippen LogP contribution is 2.21. The van der Waals surface area contributed by atoms with Crippen LogP contribution >= 0.6 is 0 Å². The maximum absolute atomic E-state index is 14.0. The number of carbonyl (C=O) groups excluding carboxylic acids is 4. The van der Waals surface area contributed by atoms with Crippen LogP contribution in [-0.4, -0.2) is 65.3 Å². The van der Waals surface area contributed by atoms with Crippen LogP contribution in [0.5, 0.6) is 5.75 Å². The molecule has 0 aliphatic rings. The summed E-state index contributed by atoms with van der Waals surface area (Å²) in [4.78, 5) is 54.5. The number of amides is 4. The first kappa shape index (κ1) is 42.1. The minimum atomic E-state index is -1.25. The summed E-state index contributed by atoms with van der Waals surface area (Å²) in [6.07, 6.45) is -4.12. The van der Waals surface area contributed by atoms with Crippen molar-refractivity contribution in [2.45, 2.75) is 51.4 Å². The van der Waals surface area contributed by atoms with Crippen molar-refractivity contribution in [2.75, 3.05) is 13.7 Å². The van der Waals surface area contributed by atoms with Gasteiger partial charge in [0.15, 0.2) is 0 Å². The average Bonchev–Trinajstić information content (AvgIpc) is 3.27. The minimum absolute atomic E-state index is 0.0608. The van der Waals surface area contributed by atoms with E-state index in [0.717, 1.165) is 10.0 Å². The molecule has 0 aromatic heterocycles. The van der Waals surface area contributed by atoms with Gasteiger partial charge in [0.25, 0.3) is 0 Å². The highest BCUT2D eigenvalue weighted by molar-refractivity contribution is 5.75. The van der Waals surface area contributed by atoms with Gasteiger partial charge in [-0.1, -0.05) is 133 Å². The second kappa shape index (κ2) is 22.5. The molecule has 0 saturated carbocycles. The van der Waals surface area contributed by atoms with E-state index in [9.17, 15) is 24.3 Å². The molecule has 5 aromatic carbocycles. The summed E-state index contributed by atoms with van der Waals surface area (Å²) >= 11 is 0. The summed E-state index contributed by atoms with van der Waals surface area (Å²) in [5, 5.41) is 12.7. The van der Waals surface area contributed by atoms with E-state index in [1.54, 1.807) is 121 Å². The summed E-state index contributed by atoms with van der Waals surface area (Å²) in [5.41, 5.74) is 8.42. The number of nitrogens with one attached hydrogen (secondary N) is 2. The van der Waals surface area contributed by atoms with Gasteiger partial charge in [0.05, 0.1) is 25.8 Å². The molecular weight excluding hydrogens is 745 g/mol. The molecule has 0 bridgehead atoms. The Balaban J connectivity index is 1.45. The van der Waals surface area contributed by atoms with Crippen molar-refractivity contribution in [3.63, 3.8) is 0 Å². The molecule has 5 rings (SSSR count). The van der Waals surface area contributed by atoms with E-state index in [0.29, 0.717) is 33.6 Å². The quantitative estimate of drug-likeness (QED) is 0.0682. The molecule has 0 saturated heterocycles. The normalized spacial score (nSPS) is 11.6. The van der Waals surface area contributed by atoms with Crippen LogP contribution in [0.1, 0.15) is 34.2 Å². The Hall–Kier alpha value is -7.06. The van der Waals surface area contributed by atoms with Crippen molar-refractivity contribution in [2.24, 2.45) is 0 Å². The molecular formula is C44H46N4O10. The number of methoxy groups -OCH3 is 1. The van der Waals surface area contributed by atoms with Crippen LogP contribution in [0.15, 0.2) is 146 Å². The fraction of sp³-hybridized carbons (Fsp3) is 0.227. The third-order valence-electron chi connectivity index (χ3n) is 8.77. The van der Waals surface area contributed by atoms with E-state index < -0.39 is 43.1 Å². The lowest BCUT2D eigenvalue weighted by atomic mass is 9.98. The molecule has 3 N–H and O–H groups in total. The van der Waals surface area contributed by atoms with Gasteiger partial charge < -0.3 is 28.8 Å². The van der Waals surface area contributed by atoms with Gasteiger partial charge in [0.1, 0.15) is 32.2 Å². The SMILES string of the molecule is COc1ccc(CC(CC(CO)N(NC(=O)OCc2ccccc2)C(=O)OCc2ccccc2)N(NC(=O)OCc2ccccc2)C(=O)OCc2ccccc2)cc1. The number of benzene rings is 5. The lowest BCUT2D eigenvalue weighted by Gasteiger charge is -2.36. The Morgan fingerprint density at radius 1 is 0.500 bits per heavy atom. The molecule has 302 valence electrons. The van der Waals surface area contributed by atoms with Gasteiger partial charge in [-0.2, -0.15) is 0 Å². The standard InChI is InChI=1S/C44H46N4O10/c1-54-40-24-22-33(23-25-40)26-38(47(43(52)57-31-36-18-10-4-11-19-36)45-41(50)55-29-34-14-6-2-7-15-34)27-39(28-49)48(44(53)58-32-37-20-12-5-13-21-37)46-42(51)56-30-35-16-8-3-9-17-35/h2-25,38-39,49H,26-32H2,1H3,(H,45,50)(H,46,51). The van der Waals surface area contributed by atoms with Gasteiger partial charge in [0, 0.05) is 0 Å². The minimum Gasteiger partial charge on any atom is -0.497 e. The molecule has 58 heavy (non-hydrogen) atoms. The Morgan fingerprint density at radius 3 is 1.22 bits per heavy atom. The average molecular weight is 791 g/mol. The van der Waals surface area contributed by atoms with Crippen LogP contribution in [0.25, 0.3) is 0 Å². The van der Waals surface area contributed by atoms with Crippen LogP contribution in [0.3, 0.4) is 0 Å². The monoisotopic (exact) mass is 790 g/mol. The maximum Gasteiger partial charge on any atom is 0.429 e. The Kier molecular flexibility index (Phi) is 16.3. The van der Waals surface area contributed by atoms with Gasteiger partial charge in [-0.05, 0) is 52.8 Å². The first-order valence-electron chi connectivity index (χ1n) is 18.5. The Labute approximate surface area is 336 Å². The van der Waals surface area contributed by atoms with E-state index >= 15 is 0 Å². The van der Waals surface area contributed by atoms with Gasteiger partial charge in [-0.3, -0.25) is 0 Å². The number of hydrazine groups is 2. The first-order valence-corrected chi connectivity index (χ1v) is 18.5. The zero-order valence-corrected chi connectivity index (χ0v) is 32.0. The van der Waals surface area contributed by atoms with Crippen molar-refractivity contribution >= 4 is 24.4 Å². The fourth-order valence-corrected chi connectivity index (χ4v) is 5.75. The third-order valence-corrected chi connectivity index (χ3v) is 8.77. The summed E-state index contributed by atoms with van der Waals surface area (Å²) in [7, 11) is 1.53. The van der Waals surface area contributed by atoms with Crippen molar-refractivity contribution in [1.82, 2.24) is 20.9 Å². The van der Waals surface area contributed by atoms with Crippen LogP contribution in [0, 0.1) is 0 Å². The molecule has 0 spiro atoms. The molecule has 2 unspecified atom stereocenters. The lowest BCUT2D eigenvalue weighted by Crippen LogP contribution is -2.58. The topological polar surface area (TPSA) is 165 Å². The molecule has 14 nitrogen and oxygen atoms in total. The van der Waals surface area contributed by atoms with Crippen LogP contribution < -0.4 is 15.6 Å². The zero-order valence-electron chi connectivity index (χ0n) is 32.0. The Bertz CT molecular complexity index is 2010. The van der Waals surface area contributed by atoms with E-state index in [2.05, 4.69) is 10.9 Å². The number of aliphatic hydroxyl groups is 1. The van der Waals surface area contributed by atoms with Crippen molar-refractivity contribution in [3.8, 4) is 5.75 Å². The maximum atomic E-state index is 14.0. The van der Waals surface area contributed by atoms with Crippen molar-refractivity contribution in [1.29, 1.82) is 0 Å². The summed E-state index contributed by atoms with van der Waals surface area (Å²) in [5.74, 6) is 0.584. The van der Waals surface area contributed by atoms with Crippen LogP contribution in [0.4, 0.5) is 19.2 Å². The second-order valence-electron chi connectivity index (χ2n) is 12.9. The number of hydrogen-bond donors (Lipinski definition) is 3. The molecule has 0 heterocycles. The van der Waals surface area contributed by atoms with Crippen molar-refractivity contribution in [3.05, 3.63) is 173 Å². The lowest BCUT2D eigenvalue weighted by molar-refractivity contribution is 0.0103. The molecule has 0 radical (unpaired) electrons. The number of hydrogen-bond acceptors (Lipinski definition) is 10. The predicted octanol–water partition coefficient (Wildman–Crippen LogP) is 7.32. The fourth-order valence-electron chi connectivity index (χ4n) is 5.75. The molecule has 2 atom stereocenters. The predicted molar refractivity (Wildman–Crippen MR) is 212 cm³/mol. The second-order valence-corrected chi connectivity index (χ2v) is 12.9. The summed E-state index contributed by atoms with van der Waals surface area (Å²) in [6, 6.07) is 40.5. The molecule has 0 aliphatic heterocycles.